The van der Waals surface area contributed by atoms with E-state index in [1.54, 1.807) is 0 Å². The van der Waals surface area contributed by atoms with Crippen molar-refractivity contribution in [3.05, 3.63) is 35.9 Å². The molecule has 0 saturated heterocycles. The molecule has 1 aliphatic rings. The molecule has 0 spiro atoms. The molecule has 2 amide bonds. The molecular formula is C19H28N2O2. The Balaban J connectivity index is 1.82. The second kappa shape index (κ2) is 8.70. The number of hydrogen-bond acceptors (Lipinski definition) is 2. The highest BCUT2D eigenvalue weighted by Crippen LogP contribution is 2.24. The topological polar surface area (TPSA) is 49.4 Å². The zero-order chi connectivity index (χ0) is 16.7. The van der Waals surface area contributed by atoms with E-state index in [9.17, 15) is 9.59 Å². The van der Waals surface area contributed by atoms with Crippen LogP contribution in [-0.4, -0.2) is 29.3 Å². The van der Waals surface area contributed by atoms with Crippen LogP contribution >= 0.6 is 0 Å². The van der Waals surface area contributed by atoms with E-state index in [-0.39, 0.29) is 23.8 Å². The van der Waals surface area contributed by atoms with Gasteiger partial charge in [0.1, 0.15) is 0 Å². The number of nitrogens with one attached hydrogen (secondary N) is 1. The molecule has 4 nitrogen and oxygen atoms in total. The van der Waals surface area contributed by atoms with E-state index in [1.807, 2.05) is 49.1 Å². The molecule has 0 bridgehead atoms. The van der Waals surface area contributed by atoms with Crippen molar-refractivity contribution in [1.82, 2.24) is 10.2 Å². The monoisotopic (exact) mass is 316 g/mol. The maximum absolute atomic E-state index is 12.5. The maximum Gasteiger partial charge on any atom is 0.224 e. The highest BCUT2D eigenvalue weighted by atomic mass is 16.2. The Morgan fingerprint density at radius 2 is 1.87 bits per heavy atom. The van der Waals surface area contributed by atoms with Crippen LogP contribution in [-0.2, 0) is 16.1 Å². The molecule has 2 rings (SSSR count). The molecule has 4 heteroatoms. The van der Waals surface area contributed by atoms with Crippen molar-refractivity contribution < 1.29 is 9.59 Å². The third kappa shape index (κ3) is 5.38. The molecule has 0 aliphatic heterocycles. The molecule has 1 atom stereocenters. The minimum absolute atomic E-state index is 0.0931. The zero-order valence-electron chi connectivity index (χ0n) is 14.3. The molecule has 1 aromatic carbocycles. The van der Waals surface area contributed by atoms with E-state index in [0.29, 0.717) is 19.5 Å². The lowest BCUT2D eigenvalue weighted by atomic mass is 10.1. The van der Waals surface area contributed by atoms with Gasteiger partial charge in [0, 0.05) is 31.5 Å². The van der Waals surface area contributed by atoms with Gasteiger partial charge in [-0.15, -0.1) is 0 Å². The summed E-state index contributed by atoms with van der Waals surface area (Å²) < 4.78 is 0. The average Bonchev–Trinajstić information content (AvgIpc) is 3.07. The first kappa shape index (κ1) is 17.5. The third-order valence-electron chi connectivity index (χ3n) is 4.55. The van der Waals surface area contributed by atoms with Gasteiger partial charge in [-0.2, -0.15) is 0 Å². The Labute approximate surface area is 139 Å². The summed E-state index contributed by atoms with van der Waals surface area (Å²) in [5.74, 6) is 0.364. The molecule has 1 N–H and O–H groups in total. The Kier molecular flexibility index (Phi) is 6.63. The molecule has 1 aliphatic carbocycles. The second-order valence-corrected chi connectivity index (χ2v) is 6.49. The fraction of sp³-hybridized carbons (Fsp3) is 0.579. The smallest absolute Gasteiger partial charge is 0.224 e. The van der Waals surface area contributed by atoms with E-state index in [2.05, 4.69) is 5.32 Å². The first-order chi connectivity index (χ1) is 11.1. The summed E-state index contributed by atoms with van der Waals surface area (Å²) >= 11 is 0. The first-order valence-corrected chi connectivity index (χ1v) is 8.72. The molecule has 23 heavy (non-hydrogen) atoms. The summed E-state index contributed by atoms with van der Waals surface area (Å²) in [4.78, 5) is 26.4. The standard InChI is InChI=1S/C19H28N2O2/c1-3-21(14-16-9-5-4-6-10-16)18(22)13-15(2)20-19(23)17-11-7-8-12-17/h4-6,9-10,15,17H,3,7-8,11-14H2,1-2H3,(H,20,23)/t15-/m0/s1. The minimum atomic E-state index is -0.111. The molecule has 0 unspecified atom stereocenters. The van der Waals surface area contributed by atoms with Crippen LogP contribution in [0.4, 0.5) is 0 Å². The number of rotatable bonds is 7. The van der Waals surface area contributed by atoms with Crippen LogP contribution in [0.2, 0.25) is 0 Å². The first-order valence-electron chi connectivity index (χ1n) is 8.72. The fourth-order valence-corrected chi connectivity index (χ4v) is 3.17. The highest BCUT2D eigenvalue weighted by molar-refractivity contribution is 5.81. The number of carbonyl (C=O) groups excluding carboxylic acids is 2. The van der Waals surface area contributed by atoms with Gasteiger partial charge in [0.25, 0.3) is 0 Å². The van der Waals surface area contributed by atoms with E-state index in [0.717, 1.165) is 31.2 Å². The van der Waals surface area contributed by atoms with Gasteiger partial charge < -0.3 is 10.2 Å². The largest absolute Gasteiger partial charge is 0.353 e. The Morgan fingerprint density at radius 1 is 1.22 bits per heavy atom. The summed E-state index contributed by atoms with van der Waals surface area (Å²) in [6.07, 6.45) is 4.63. The number of hydrogen-bond donors (Lipinski definition) is 1. The fourth-order valence-electron chi connectivity index (χ4n) is 3.17. The maximum atomic E-state index is 12.5. The van der Waals surface area contributed by atoms with Gasteiger partial charge in [-0.25, -0.2) is 0 Å². The van der Waals surface area contributed by atoms with Crippen molar-refractivity contribution in [2.75, 3.05) is 6.54 Å². The van der Waals surface area contributed by atoms with E-state index < -0.39 is 0 Å². The summed E-state index contributed by atoms with van der Waals surface area (Å²) in [5, 5.41) is 3.01. The highest BCUT2D eigenvalue weighted by Gasteiger charge is 2.24. The Morgan fingerprint density at radius 3 is 2.48 bits per heavy atom. The molecular weight excluding hydrogens is 288 g/mol. The van der Waals surface area contributed by atoms with Crippen LogP contribution in [0.5, 0.6) is 0 Å². The number of amides is 2. The lowest BCUT2D eigenvalue weighted by molar-refractivity contribution is -0.132. The molecule has 0 aromatic heterocycles. The van der Waals surface area contributed by atoms with Crippen molar-refractivity contribution in [2.24, 2.45) is 5.92 Å². The van der Waals surface area contributed by atoms with Crippen molar-refractivity contribution in [2.45, 2.75) is 58.5 Å². The van der Waals surface area contributed by atoms with E-state index in [4.69, 9.17) is 0 Å². The van der Waals surface area contributed by atoms with Gasteiger partial charge in [0.15, 0.2) is 0 Å². The summed E-state index contributed by atoms with van der Waals surface area (Å²) in [6.45, 7) is 5.21. The van der Waals surface area contributed by atoms with Crippen LogP contribution in [0, 0.1) is 5.92 Å². The Hall–Kier alpha value is -1.84. The zero-order valence-corrected chi connectivity index (χ0v) is 14.3. The Bertz CT molecular complexity index is 509. The summed E-state index contributed by atoms with van der Waals surface area (Å²) in [5.41, 5.74) is 1.13. The average molecular weight is 316 g/mol. The van der Waals surface area contributed by atoms with E-state index >= 15 is 0 Å². The number of carbonyl (C=O) groups is 2. The lowest BCUT2D eigenvalue weighted by Crippen LogP contribution is -2.41. The minimum Gasteiger partial charge on any atom is -0.353 e. The summed E-state index contributed by atoms with van der Waals surface area (Å²) in [6, 6.07) is 9.89. The lowest BCUT2D eigenvalue weighted by Gasteiger charge is -2.24. The van der Waals surface area contributed by atoms with Crippen LogP contribution in [0.3, 0.4) is 0 Å². The van der Waals surface area contributed by atoms with Gasteiger partial charge in [-0.1, -0.05) is 43.2 Å². The quantitative estimate of drug-likeness (QED) is 0.840. The van der Waals surface area contributed by atoms with Gasteiger partial charge >= 0.3 is 0 Å². The SMILES string of the molecule is CCN(Cc1ccccc1)C(=O)C[C@H](C)NC(=O)C1CCCC1. The van der Waals surface area contributed by atoms with E-state index in [1.165, 1.54) is 0 Å². The normalized spacial score (nSPS) is 16.1. The van der Waals surface area contributed by atoms with Crippen LogP contribution in [0.15, 0.2) is 30.3 Å². The van der Waals surface area contributed by atoms with Gasteiger partial charge in [0.2, 0.25) is 11.8 Å². The van der Waals surface area contributed by atoms with Gasteiger partial charge in [-0.3, -0.25) is 9.59 Å². The second-order valence-electron chi connectivity index (χ2n) is 6.49. The third-order valence-corrected chi connectivity index (χ3v) is 4.55. The van der Waals surface area contributed by atoms with Gasteiger partial charge in [0.05, 0.1) is 0 Å². The van der Waals surface area contributed by atoms with Crippen molar-refractivity contribution >= 4 is 11.8 Å². The number of nitrogens with zero attached hydrogens (tertiary/aromatic N) is 1. The summed E-state index contributed by atoms with van der Waals surface area (Å²) in [7, 11) is 0. The van der Waals surface area contributed by atoms with Crippen molar-refractivity contribution in [1.29, 1.82) is 0 Å². The van der Waals surface area contributed by atoms with Crippen molar-refractivity contribution in [3.63, 3.8) is 0 Å². The van der Waals surface area contributed by atoms with Crippen LogP contribution < -0.4 is 5.32 Å². The molecule has 0 radical (unpaired) electrons. The molecule has 126 valence electrons. The van der Waals surface area contributed by atoms with Crippen LogP contribution in [0.25, 0.3) is 0 Å². The molecule has 0 heterocycles. The van der Waals surface area contributed by atoms with Gasteiger partial charge in [-0.05, 0) is 32.3 Å². The molecule has 1 aromatic rings. The van der Waals surface area contributed by atoms with Crippen molar-refractivity contribution in [3.8, 4) is 0 Å². The van der Waals surface area contributed by atoms with Crippen LogP contribution in [0.1, 0.15) is 51.5 Å². The predicted octanol–water partition coefficient (Wildman–Crippen LogP) is 3.12. The predicted molar refractivity (Wildman–Crippen MR) is 91.7 cm³/mol. The number of benzene rings is 1. The molecule has 1 saturated carbocycles. The molecule has 1 fully saturated rings.